The van der Waals surface area contributed by atoms with Gasteiger partial charge in [-0.2, -0.15) is 5.10 Å². The van der Waals surface area contributed by atoms with Gasteiger partial charge in [-0.3, -0.25) is 9.48 Å². The number of hydrogen-bond donors (Lipinski definition) is 1. The molecular weight excluding hydrogens is 290 g/mol. The quantitative estimate of drug-likeness (QED) is 0.944. The second-order valence-electron chi connectivity index (χ2n) is 6.25. The van der Waals surface area contributed by atoms with Gasteiger partial charge in [0, 0.05) is 13.6 Å². The number of aromatic nitrogens is 2. The van der Waals surface area contributed by atoms with Crippen molar-refractivity contribution in [2.75, 3.05) is 13.2 Å². The minimum atomic E-state index is -0.112. The number of carbonyl (C=O) groups is 1. The van der Waals surface area contributed by atoms with Crippen LogP contribution in [-0.2, 0) is 18.2 Å². The van der Waals surface area contributed by atoms with Gasteiger partial charge in [-0.1, -0.05) is 38.1 Å². The zero-order valence-corrected chi connectivity index (χ0v) is 13.9. The highest BCUT2D eigenvalue weighted by Crippen LogP contribution is 2.26. The monoisotopic (exact) mass is 313 g/mol. The lowest BCUT2D eigenvalue weighted by molar-refractivity contribution is 0.0410. The van der Waals surface area contributed by atoms with Crippen LogP contribution in [0, 0.1) is 0 Å². The second-order valence-corrected chi connectivity index (χ2v) is 6.25. The average molecular weight is 313 g/mol. The summed E-state index contributed by atoms with van der Waals surface area (Å²) in [5.74, 6) is 0.190. The van der Waals surface area contributed by atoms with Crippen molar-refractivity contribution in [2.24, 2.45) is 7.05 Å². The molecule has 0 fully saturated rings. The minimum Gasteiger partial charge on any atom is -0.371 e. The normalized spacial score (nSPS) is 17.1. The van der Waals surface area contributed by atoms with E-state index in [0.29, 0.717) is 24.8 Å². The molecule has 5 nitrogen and oxygen atoms in total. The van der Waals surface area contributed by atoms with Crippen molar-refractivity contribution in [2.45, 2.75) is 32.3 Å². The molecule has 1 aliphatic rings. The van der Waals surface area contributed by atoms with Gasteiger partial charge in [0.1, 0.15) is 11.8 Å². The molecule has 5 heteroatoms. The Morgan fingerprint density at radius 3 is 2.96 bits per heavy atom. The number of nitrogens with one attached hydrogen (secondary N) is 1. The number of ether oxygens (including phenoxy) is 1. The van der Waals surface area contributed by atoms with Crippen molar-refractivity contribution >= 4 is 5.91 Å². The van der Waals surface area contributed by atoms with Gasteiger partial charge < -0.3 is 10.1 Å². The molecule has 2 aromatic rings. The molecule has 1 aromatic carbocycles. The summed E-state index contributed by atoms with van der Waals surface area (Å²) in [6.45, 7) is 5.30. The molecule has 2 heterocycles. The molecule has 0 unspecified atom stereocenters. The van der Waals surface area contributed by atoms with Gasteiger partial charge in [-0.15, -0.1) is 0 Å². The van der Waals surface area contributed by atoms with Crippen molar-refractivity contribution in [3.8, 4) is 0 Å². The van der Waals surface area contributed by atoms with Gasteiger partial charge in [0.05, 0.1) is 12.3 Å². The Morgan fingerprint density at radius 2 is 2.22 bits per heavy atom. The standard InChI is InChI=1S/C18H23N3O2/c1-12(2)15-10-16(21(3)20-15)18(22)19-11-17-14-7-5-4-6-13(14)8-9-23-17/h4-7,10,12,17H,8-9,11H2,1-3H3,(H,19,22)/t17-/m1/s1. The minimum absolute atomic E-state index is 0.0818. The molecule has 0 bridgehead atoms. The van der Waals surface area contributed by atoms with E-state index in [9.17, 15) is 4.79 Å². The molecular formula is C18H23N3O2. The fourth-order valence-electron chi connectivity index (χ4n) is 2.91. The van der Waals surface area contributed by atoms with Gasteiger partial charge in [0.25, 0.3) is 5.91 Å². The zero-order chi connectivity index (χ0) is 16.4. The Bertz CT molecular complexity index is 706. The maximum atomic E-state index is 12.4. The molecule has 1 aliphatic heterocycles. The maximum Gasteiger partial charge on any atom is 0.269 e. The summed E-state index contributed by atoms with van der Waals surface area (Å²) in [6.07, 6.45) is 0.849. The summed E-state index contributed by atoms with van der Waals surface area (Å²) in [5.41, 5.74) is 3.99. The van der Waals surface area contributed by atoms with Crippen LogP contribution >= 0.6 is 0 Å². The van der Waals surface area contributed by atoms with E-state index in [1.54, 1.807) is 11.7 Å². The van der Waals surface area contributed by atoms with E-state index in [-0.39, 0.29) is 12.0 Å². The summed E-state index contributed by atoms with van der Waals surface area (Å²) in [7, 11) is 1.80. The van der Waals surface area contributed by atoms with E-state index in [1.807, 2.05) is 18.2 Å². The first-order valence-corrected chi connectivity index (χ1v) is 8.08. The SMILES string of the molecule is CC(C)c1cc(C(=O)NC[C@H]2OCCc3ccccc32)n(C)n1. The number of fused-ring (bicyclic) bond motifs is 1. The van der Waals surface area contributed by atoms with Crippen molar-refractivity contribution < 1.29 is 9.53 Å². The Balaban J connectivity index is 1.68. The fraction of sp³-hybridized carbons (Fsp3) is 0.444. The molecule has 0 radical (unpaired) electrons. The van der Waals surface area contributed by atoms with E-state index in [2.05, 4.69) is 36.4 Å². The molecule has 122 valence electrons. The molecule has 1 atom stereocenters. The molecule has 1 N–H and O–H groups in total. The van der Waals surface area contributed by atoms with Crippen molar-refractivity contribution in [1.29, 1.82) is 0 Å². The Kier molecular flexibility index (Phi) is 4.48. The molecule has 1 amide bonds. The molecule has 0 saturated carbocycles. The highest BCUT2D eigenvalue weighted by Gasteiger charge is 2.22. The third-order valence-electron chi connectivity index (χ3n) is 4.26. The number of nitrogens with zero attached hydrogens (tertiary/aromatic N) is 2. The van der Waals surface area contributed by atoms with Crippen LogP contribution in [0.3, 0.4) is 0 Å². The Hall–Kier alpha value is -2.14. The number of benzene rings is 1. The zero-order valence-electron chi connectivity index (χ0n) is 13.9. The lowest BCUT2D eigenvalue weighted by Crippen LogP contribution is -2.32. The molecule has 1 aromatic heterocycles. The largest absolute Gasteiger partial charge is 0.371 e. The smallest absolute Gasteiger partial charge is 0.269 e. The van der Waals surface area contributed by atoms with Crippen molar-refractivity contribution in [1.82, 2.24) is 15.1 Å². The van der Waals surface area contributed by atoms with Crippen LogP contribution in [0.2, 0.25) is 0 Å². The molecule has 0 saturated heterocycles. The molecule has 3 rings (SSSR count). The Labute approximate surface area is 136 Å². The van der Waals surface area contributed by atoms with Crippen LogP contribution < -0.4 is 5.32 Å². The van der Waals surface area contributed by atoms with Crippen LogP contribution in [0.1, 0.15) is 53.2 Å². The van der Waals surface area contributed by atoms with Gasteiger partial charge >= 0.3 is 0 Å². The lowest BCUT2D eigenvalue weighted by atomic mass is 9.97. The third kappa shape index (κ3) is 3.29. The number of rotatable bonds is 4. The number of carbonyl (C=O) groups excluding carboxylic acids is 1. The van der Waals surface area contributed by atoms with Crippen LogP contribution in [0.5, 0.6) is 0 Å². The summed E-state index contributed by atoms with van der Waals surface area (Å²) < 4.78 is 7.47. The van der Waals surface area contributed by atoms with Gasteiger partial charge in [-0.05, 0) is 29.5 Å². The predicted molar refractivity (Wildman–Crippen MR) is 88.5 cm³/mol. The van der Waals surface area contributed by atoms with E-state index in [4.69, 9.17) is 4.74 Å². The second kappa shape index (κ2) is 6.54. The first kappa shape index (κ1) is 15.7. The molecule has 0 aliphatic carbocycles. The molecule has 23 heavy (non-hydrogen) atoms. The topological polar surface area (TPSA) is 56.1 Å². The van der Waals surface area contributed by atoms with Crippen molar-refractivity contribution in [3.05, 3.63) is 52.8 Å². The summed E-state index contributed by atoms with van der Waals surface area (Å²) in [5, 5.41) is 7.36. The number of hydrogen-bond acceptors (Lipinski definition) is 3. The summed E-state index contributed by atoms with van der Waals surface area (Å²) in [4.78, 5) is 12.4. The van der Waals surface area contributed by atoms with Crippen LogP contribution in [0.4, 0.5) is 0 Å². The van der Waals surface area contributed by atoms with E-state index >= 15 is 0 Å². The lowest BCUT2D eigenvalue weighted by Gasteiger charge is -2.26. The van der Waals surface area contributed by atoms with Gasteiger partial charge in [0.15, 0.2) is 0 Å². The summed E-state index contributed by atoms with van der Waals surface area (Å²) >= 11 is 0. The first-order chi connectivity index (χ1) is 11.1. The van der Waals surface area contributed by atoms with E-state index in [1.165, 1.54) is 11.1 Å². The predicted octanol–water partition coefficient (Wildman–Crippen LogP) is 2.59. The number of aryl methyl sites for hydroxylation is 1. The number of amides is 1. The van der Waals surface area contributed by atoms with Gasteiger partial charge in [-0.25, -0.2) is 0 Å². The van der Waals surface area contributed by atoms with Crippen LogP contribution in [-0.4, -0.2) is 28.8 Å². The maximum absolute atomic E-state index is 12.4. The van der Waals surface area contributed by atoms with E-state index in [0.717, 1.165) is 12.1 Å². The summed E-state index contributed by atoms with van der Waals surface area (Å²) in [6, 6.07) is 10.1. The van der Waals surface area contributed by atoms with Gasteiger partial charge in [0.2, 0.25) is 0 Å². The highest BCUT2D eigenvalue weighted by atomic mass is 16.5. The first-order valence-electron chi connectivity index (χ1n) is 8.08. The van der Waals surface area contributed by atoms with E-state index < -0.39 is 0 Å². The van der Waals surface area contributed by atoms with Crippen LogP contribution in [0.15, 0.2) is 30.3 Å². The highest BCUT2D eigenvalue weighted by molar-refractivity contribution is 5.92. The fourth-order valence-corrected chi connectivity index (χ4v) is 2.91. The van der Waals surface area contributed by atoms with Crippen molar-refractivity contribution in [3.63, 3.8) is 0 Å². The average Bonchev–Trinajstić information content (AvgIpc) is 2.95. The third-order valence-corrected chi connectivity index (χ3v) is 4.26. The molecule has 0 spiro atoms. The van der Waals surface area contributed by atoms with Crippen LogP contribution in [0.25, 0.3) is 0 Å². The Morgan fingerprint density at radius 1 is 1.43 bits per heavy atom.